The number of rotatable bonds is 6. The Bertz CT molecular complexity index is 1040. The average Bonchev–Trinajstić information content (AvgIpc) is 2.74. The van der Waals surface area contributed by atoms with E-state index in [4.69, 9.17) is 17.3 Å². The molecule has 3 aromatic rings. The molecule has 0 aromatic heterocycles. The Kier molecular flexibility index (Phi) is 6.59. The van der Waals surface area contributed by atoms with E-state index in [1.807, 2.05) is 24.3 Å². The molecule has 0 bridgehead atoms. The number of nitrogens with one attached hydrogen (secondary N) is 2. The highest BCUT2D eigenvalue weighted by molar-refractivity contribution is 6.34. The summed E-state index contributed by atoms with van der Waals surface area (Å²) >= 11 is 6.13. The van der Waals surface area contributed by atoms with E-state index in [9.17, 15) is 14.0 Å². The fourth-order valence-corrected chi connectivity index (χ4v) is 2.83. The van der Waals surface area contributed by atoms with Gasteiger partial charge in [0, 0.05) is 24.2 Å². The number of halogens is 2. The first-order valence-electron chi connectivity index (χ1n) is 8.89. The topological polar surface area (TPSA) is 84.2 Å². The summed E-state index contributed by atoms with van der Waals surface area (Å²) < 4.78 is 13.3. The van der Waals surface area contributed by atoms with Crippen LogP contribution in [-0.4, -0.2) is 11.8 Å². The Morgan fingerprint density at radius 1 is 0.897 bits per heavy atom. The van der Waals surface area contributed by atoms with Crippen LogP contribution in [0.5, 0.6) is 0 Å². The Morgan fingerprint density at radius 2 is 1.59 bits per heavy atom. The Morgan fingerprint density at radius 3 is 2.28 bits per heavy atom. The van der Waals surface area contributed by atoms with Crippen molar-refractivity contribution < 1.29 is 14.0 Å². The molecule has 0 heterocycles. The van der Waals surface area contributed by atoms with Gasteiger partial charge in [-0.25, -0.2) is 4.39 Å². The van der Waals surface area contributed by atoms with Gasteiger partial charge in [0.2, 0.25) is 0 Å². The number of anilines is 1. The molecule has 0 fully saturated rings. The first kappa shape index (κ1) is 20.5. The summed E-state index contributed by atoms with van der Waals surface area (Å²) in [7, 11) is 0. The van der Waals surface area contributed by atoms with E-state index >= 15 is 0 Å². The quantitative estimate of drug-likeness (QED) is 0.570. The summed E-state index contributed by atoms with van der Waals surface area (Å²) in [6.07, 6.45) is 0. The summed E-state index contributed by atoms with van der Waals surface area (Å²) in [4.78, 5) is 24.8. The minimum absolute atomic E-state index is 0.150. The molecule has 29 heavy (non-hydrogen) atoms. The highest BCUT2D eigenvalue weighted by atomic mass is 35.5. The number of nitrogens with two attached hydrogens (primary N) is 1. The van der Waals surface area contributed by atoms with Crippen LogP contribution in [0.3, 0.4) is 0 Å². The molecule has 0 spiro atoms. The lowest BCUT2D eigenvalue weighted by atomic mass is 10.1. The maximum absolute atomic E-state index is 13.3. The van der Waals surface area contributed by atoms with Gasteiger partial charge in [0.15, 0.2) is 0 Å². The van der Waals surface area contributed by atoms with Crippen LogP contribution in [0.25, 0.3) is 0 Å². The van der Waals surface area contributed by atoms with Gasteiger partial charge in [0.1, 0.15) is 5.82 Å². The maximum Gasteiger partial charge on any atom is 0.255 e. The van der Waals surface area contributed by atoms with Crippen molar-refractivity contribution in [2.45, 2.75) is 13.1 Å². The SMILES string of the molecule is NCc1ccc(CNC(=O)c2ccc(Cl)c(NC(=O)c3cccc(F)c3)c2)cc1. The molecule has 0 saturated heterocycles. The van der Waals surface area contributed by atoms with Crippen LogP contribution >= 0.6 is 11.6 Å². The fraction of sp³-hybridized carbons (Fsp3) is 0.0909. The zero-order valence-corrected chi connectivity index (χ0v) is 16.2. The fourth-order valence-electron chi connectivity index (χ4n) is 2.66. The summed E-state index contributed by atoms with van der Waals surface area (Å²) in [5, 5.41) is 5.69. The number of carbonyl (C=O) groups excluding carboxylic acids is 2. The van der Waals surface area contributed by atoms with Gasteiger partial charge < -0.3 is 16.4 Å². The molecule has 5 nitrogen and oxygen atoms in total. The Balaban J connectivity index is 1.68. The van der Waals surface area contributed by atoms with Gasteiger partial charge in [-0.15, -0.1) is 0 Å². The molecular weight excluding hydrogens is 393 g/mol. The third-order valence-corrected chi connectivity index (χ3v) is 4.60. The van der Waals surface area contributed by atoms with Crippen LogP contribution < -0.4 is 16.4 Å². The van der Waals surface area contributed by atoms with E-state index < -0.39 is 11.7 Å². The minimum Gasteiger partial charge on any atom is -0.348 e. The Labute approximate surface area is 172 Å². The molecule has 7 heteroatoms. The van der Waals surface area contributed by atoms with Gasteiger partial charge in [-0.05, 0) is 47.5 Å². The lowest BCUT2D eigenvalue weighted by molar-refractivity contribution is 0.0949. The van der Waals surface area contributed by atoms with Crippen molar-refractivity contribution in [3.8, 4) is 0 Å². The lowest BCUT2D eigenvalue weighted by Gasteiger charge is -2.11. The van der Waals surface area contributed by atoms with Crippen molar-refractivity contribution >= 4 is 29.1 Å². The van der Waals surface area contributed by atoms with Crippen molar-refractivity contribution in [2.24, 2.45) is 5.73 Å². The molecule has 2 amide bonds. The first-order chi connectivity index (χ1) is 14.0. The van der Waals surface area contributed by atoms with Gasteiger partial charge >= 0.3 is 0 Å². The van der Waals surface area contributed by atoms with E-state index in [0.717, 1.165) is 17.2 Å². The third-order valence-electron chi connectivity index (χ3n) is 4.28. The second-order valence-corrected chi connectivity index (χ2v) is 6.77. The van der Waals surface area contributed by atoms with Crippen LogP contribution in [0, 0.1) is 5.82 Å². The van der Waals surface area contributed by atoms with Gasteiger partial charge in [-0.1, -0.05) is 41.9 Å². The van der Waals surface area contributed by atoms with E-state index in [1.165, 1.54) is 30.3 Å². The average molecular weight is 412 g/mol. The predicted octanol–water partition coefficient (Wildman–Crippen LogP) is 4.12. The van der Waals surface area contributed by atoms with Crippen LogP contribution in [-0.2, 0) is 13.1 Å². The normalized spacial score (nSPS) is 10.4. The van der Waals surface area contributed by atoms with Gasteiger partial charge in [-0.3, -0.25) is 9.59 Å². The lowest BCUT2D eigenvalue weighted by Crippen LogP contribution is -2.23. The second kappa shape index (κ2) is 9.32. The molecule has 4 N–H and O–H groups in total. The van der Waals surface area contributed by atoms with Gasteiger partial charge in [-0.2, -0.15) is 0 Å². The summed E-state index contributed by atoms with van der Waals surface area (Å²) in [6, 6.07) is 17.5. The molecule has 148 valence electrons. The molecule has 0 radical (unpaired) electrons. The van der Waals surface area contributed by atoms with Crippen LogP contribution in [0.2, 0.25) is 5.02 Å². The molecule has 0 saturated carbocycles. The maximum atomic E-state index is 13.3. The number of hydrogen-bond acceptors (Lipinski definition) is 3. The van der Waals surface area contributed by atoms with Crippen LogP contribution in [0.1, 0.15) is 31.8 Å². The number of benzene rings is 3. The van der Waals surface area contributed by atoms with E-state index in [0.29, 0.717) is 18.7 Å². The summed E-state index contributed by atoms with van der Waals surface area (Å²) in [5.74, 6) is -1.36. The summed E-state index contributed by atoms with van der Waals surface area (Å²) in [6.45, 7) is 0.804. The van der Waals surface area contributed by atoms with Crippen molar-refractivity contribution in [1.82, 2.24) is 5.32 Å². The first-order valence-corrected chi connectivity index (χ1v) is 9.26. The molecular formula is C22H19ClFN3O2. The summed E-state index contributed by atoms with van der Waals surface area (Å²) in [5.41, 5.74) is 8.27. The molecule has 0 atom stereocenters. The van der Waals surface area contributed by atoms with Crippen molar-refractivity contribution in [2.75, 3.05) is 5.32 Å². The minimum atomic E-state index is -0.524. The van der Waals surface area contributed by atoms with E-state index in [-0.39, 0.29) is 22.2 Å². The van der Waals surface area contributed by atoms with Gasteiger partial charge in [0.25, 0.3) is 11.8 Å². The predicted molar refractivity (Wildman–Crippen MR) is 111 cm³/mol. The second-order valence-electron chi connectivity index (χ2n) is 6.36. The third kappa shape index (κ3) is 5.40. The number of hydrogen-bond donors (Lipinski definition) is 3. The highest BCUT2D eigenvalue weighted by Crippen LogP contribution is 2.24. The molecule has 0 aliphatic carbocycles. The molecule has 0 unspecified atom stereocenters. The largest absolute Gasteiger partial charge is 0.348 e. The van der Waals surface area contributed by atoms with Crippen LogP contribution in [0.4, 0.5) is 10.1 Å². The van der Waals surface area contributed by atoms with Crippen molar-refractivity contribution in [3.63, 3.8) is 0 Å². The zero-order chi connectivity index (χ0) is 20.8. The van der Waals surface area contributed by atoms with E-state index in [1.54, 1.807) is 6.07 Å². The smallest absolute Gasteiger partial charge is 0.255 e. The number of carbonyl (C=O) groups is 2. The molecule has 3 aromatic carbocycles. The Hall–Kier alpha value is -3.22. The molecule has 0 aliphatic rings. The van der Waals surface area contributed by atoms with Crippen molar-refractivity contribution in [3.05, 3.63) is 99.8 Å². The van der Waals surface area contributed by atoms with Crippen LogP contribution in [0.15, 0.2) is 66.7 Å². The highest BCUT2D eigenvalue weighted by Gasteiger charge is 2.13. The molecule has 0 aliphatic heterocycles. The monoisotopic (exact) mass is 411 g/mol. The van der Waals surface area contributed by atoms with E-state index in [2.05, 4.69) is 10.6 Å². The standard InChI is InChI=1S/C22H19ClFN3O2/c23-19-9-8-17(21(28)26-13-15-6-4-14(12-25)5-7-15)11-20(19)27-22(29)16-2-1-3-18(24)10-16/h1-11H,12-13,25H2,(H,26,28)(H,27,29). The van der Waals surface area contributed by atoms with Gasteiger partial charge in [0.05, 0.1) is 10.7 Å². The number of amides is 2. The zero-order valence-electron chi connectivity index (χ0n) is 15.4. The molecule has 3 rings (SSSR count). The van der Waals surface area contributed by atoms with Crippen molar-refractivity contribution in [1.29, 1.82) is 0 Å².